The van der Waals surface area contributed by atoms with E-state index in [2.05, 4.69) is 4.43 Å². The van der Waals surface area contributed by atoms with E-state index < -0.39 is 8.56 Å². The summed E-state index contributed by atoms with van der Waals surface area (Å²) in [7, 11) is -0.611. The maximum Gasteiger partial charge on any atom is 0.328 e. The smallest absolute Gasteiger partial charge is 0.328 e. The maximum absolute atomic E-state index is 8.74. The van der Waals surface area contributed by atoms with Gasteiger partial charge in [-0.05, 0) is 13.1 Å². The van der Waals surface area contributed by atoms with Gasteiger partial charge in [0.25, 0.3) is 0 Å². The summed E-state index contributed by atoms with van der Waals surface area (Å²) in [5.41, 5.74) is 0. The summed E-state index contributed by atoms with van der Waals surface area (Å²) in [4.78, 5) is 8.74. The molecule has 0 spiro atoms. The second-order valence-corrected chi connectivity index (χ2v) is 4.95. The fraction of sp³-hybridized carbons (Fsp3) is 1.00. The van der Waals surface area contributed by atoms with E-state index in [9.17, 15) is 0 Å². The molecule has 0 fully saturated rings. The van der Waals surface area contributed by atoms with E-state index >= 15 is 0 Å². The van der Waals surface area contributed by atoms with Crippen LogP contribution in [0.2, 0.25) is 13.1 Å². The topological polar surface area (TPSA) is 29.5 Å². The monoisotopic (exact) mass is 227 g/mol. The van der Waals surface area contributed by atoms with Crippen molar-refractivity contribution in [1.82, 2.24) is 0 Å². The first kappa shape index (κ1) is 22.5. The van der Waals surface area contributed by atoms with Crippen LogP contribution in [-0.2, 0) is 37.1 Å². The van der Waals surface area contributed by atoms with Crippen LogP contribution >= 0.6 is 0 Å². The molecule has 0 heterocycles. The van der Waals surface area contributed by atoms with Gasteiger partial charge in [-0.2, -0.15) is 0 Å². The van der Waals surface area contributed by atoms with Crippen molar-refractivity contribution < 1.29 is 41.9 Å². The summed E-state index contributed by atoms with van der Waals surface area (Å²) < 4.78 is 4.63. The fourth-order valence-electron chi connectivity index (χ4n) is 0. The number of hydrogen-bond donors (Lipinski definition) is 1. The van der Waals surface area contributed by atoms with E-state index in [-0.39, 0.29) is 47.6 Å². The third kappa shape index (κ3) is 26.9. The summed E-state index contributed by atoms with van der Waals surface area (Å²) >= 11 is 0. The summed E-state index contributed by atoms with van der Waals surface area (Å²) in [5.74, 6) is 0. The predicted molar refractivity (Wildman–Crippen MR) is 40.2 cm³/mol. The van der Waals surface area contributed by atoms with Gasteiger partial charge in [0, 0.05) is 39.8 Å². The van der Waals surface area contributed by atoms with Gasteiger partial charge in [-0.25, -0.2) is 0 Å². The van der Waals surface area contributed by atoms with Crippen molar-refractivity contribution in [3.8, 4) is 0 Å². The molecule has 0 atom stereocenters. The van der Waals surface area contributed by atoms with Crippen molar-refractivity contribution in [2.24, 2.45) is 0 Å². The van der Waals surface area contributed by atoms with Gasteiger partial charge in [-0.15, -0.1) is 0 Å². The third-order valence-electron chi connectivity index (χ3n) is 0.500. The van der Waals surface area contributed by atoms with Crippen LogP contribution in [0.15, 0.2) is 0 Å². The molecule has 0 rings (SSSR count). The molecule has 1 N–H and O–H groups in total. The normalized spacial score (nSPS) is 8.00. The van der Waals surface area contributed by atoms with Gasteiger partial charge >= 0.3 is 8.56 Å². The molecular weight excluding hydrogens is 209 g/mol. The predicted octanol–water partition coefficient (Wildman–Crippen LogP) is 1.60. The van der Waals surface area contributed by atoms with E-state index in [0.29, 0.717) is 0 Å². The van der Waals surface area contributed by atoms with Crippen molar-refractivity contribution in [2.75, 3.05) is 7.11 Å². The molecular formula is C5H18O2SiY. The van der Waals surface area contributed by atoms with Crippen molar-refractivity contribution in [3.05, 3.63) is 0 Å². The molecule has 0 aliphatic heterocycles. The molecule has 0 saturated carbocycles. The van der Waals surface area contributed by atoms with Crippen molar-refractivity contribution in [1.29, 1.82) is 0 Å². The van der Waals surface area contributed by atoms with Crippen molar-refractivity contribution >= 4 is 8.56 Å². The fourth-order valence-corrected chi connectivity index (χ4v) is 0. The van der Waals surface area contributed by atoms with Gasteiger partial charge in [-0.3, -0.25) is 0 Å². The Morgan fingerprint density at radius 2 is 1.33 bits per heavy atom. The van der Waals surface area contributed by atoms with E-state index in [4.69, 9.17) is 4.80 Å². The molecule has 0 aliphatic rings. The standard InChI is InChI=1S/C3H10O2Si.2CH4.Y/c1-5-6(2,3)4;;;/h4H,1-3H3;2*1H4;. The molecule has 0 unspecified atom stereocenters. The molecule has 0 saturated heterocycles. The van der Waals surface area contributed by atoms with Gasteiger partial charge in [0.2, 0.25) is 0 Å². The zero-order valence-corrected chi connectivity index (χ0v) is 8.77. The van der Waals surface area contributed by atoms with E-state index in [1.807, 2.05) is 0 Å². The number of rotatable bonds is 1. The minimum atomic E-state index is -2.13. The zero-order chi connectivity index (χ0) is 5.21. The molecule has 0 bridgehead atoms. The maximum atomic E-state index is 8.74. The van der Waals surface area contributed by atoms with E-state index in [1.54, 1.807) is 13.1 Å². The van der Waals surface area contributed by atoms with Crippen LogP contribution in [0.25, 0.3) is 0 Å². The second kappa shape index (κ2) is 9.24. The van der Waals surface area contributed by atoms with Crippen molar-refractivity contribution in [2.45, 2.75) is 27.9 Å². The van der Waals surface area contributed by atoms with Crippen LogP contribution < -0.4 is 0 Å². The van der Waals surface area contributed by atoms with Crippen LogP contribution in [0.4, 0.5) is 0 Å². The van der Waals surface area contributed by atoms with Crippen LogP contribution in [0.3, 0.4) is 0 Å². The summed E-state index contributed by atoms with van der Waals surface area (Å²) in [5, 5.41) is 0. The molecule has 0 aliphatic carbocycles. The quantitative estimate of drug-likeness (QED) is 0.689. The van der Waals surface area contributed by atoms with Gasteiger partial charge in [0.15, 0.2) is 0 Å². The van der Waals surface area contributed by atoms with Crippen LogP contribution in [0.1, 0.15) is 14.9 Å². The molecule has 0 aromatic carbocycles. The summed E-state index contributed by atoms with van der Waals surface area (Å²) in [6, 6.07) is 0. The van der Waals surface area contributed by atoms with Gasteiger partial charge in [0.1, 0.15) is 0 Å². The molecule has 1 radical (unpaired) electrons. The van der Waals surface area contributed by atoms with Crippen molar-refractivity contribution in [3.63, 3.8) is 0 Å². The molecule has 0 aromatic heterocycles. The first-order valence-corrected chi connectivity index (χ1v) is 4.69. The largest absolute Gasteiger partial charge is 0.411 e. The molecule has 9 heavy (non-hydrogen) atoms. The number of hydrogen-bond acceptors (Lipinski definition) is 2. The SMILES string of the molecule is C.C.CO[Si](C)(C)O.[Y]. The van der Waals surface area contributed by atoms with Gasteiger partial charge in [0.05, 0.1) is 0 Å². The molecule has 4 heteroatoms. The summed E-state index contributed by atoms with van der Waals surface area (Å²) in [6.07, 6.45) is 0. The Bertz CT molecular complexity index is 44.7. The molecule has 57 valence electrons. The summed E-state index contributed by atoms with van der Waals surface area (Å²) in [6.45, 7) is 3.43. The first-order chi connectivity index (χ1) is 2.56. The third-order valence-corrected chi connectivity index (χ3v) is 1.50. The van der Waals surface area contributed by atoms with Crippen LogP contribution in [0, 0.1) is 0 Å². The van der Waals surface area contributed by atoms with E-state index in [0.717, 1.165) is 0 Å². The van der Waals surface area contributed by atoms with Gasteiger partial charge in [-0.1, -0.05) is 14.9 Å². The van der Waals surface area contributed by atoms with E-state index in [1.165, 1.54) is 7.11 Å². The molecule has 2 nitrogen and oxygen atoms in total. The Hall–Kier alpha value is 1.24. The Labute approximate surface area is 85.1 Å². The minimum absolute atomic E-state index is 0. The van der Waals surface area contributed by atoms with Crippen LogP contribution in [0.5, 0.6) is 0 Å². The van der Waals surface area contributed by atoms with Gasteiger partial charge < -0.3 is 9.22 Å². The molecule has 0 aromatic rings. The average molecular weight is 227 g/mol. The second-order valence-electron chi connectivity index (χ2n) is 1.65. The van der Waals surface area contributed by atoms with Crippen LogP contribution in [-0.4, -0.2) is 20.5 Å². The Morgan fingerprint density at radius 3 is 1.33 bits per heavy atom. The Balaban J connectivity index is -0.0000000417. The minimum Gasteiger partial charge on any atom is -0.411 e. The zero-order valence-electron chi connectivity index (χ0n) is 4.93. The Morgan fingerprint density at radius 1 is 1.22 bits per heavy atom. The molecule has 0 amide bonds. The Kier molecular flexibility index (Phi) is 23.1. The average Bonchev–Trinajstić information content (AvgIpc) is 1.35. The first-order valence-electron chi connectivity index (χ1n) is 1.84.